The molecule has 0 aliphatic rings. The number of amides is 1. The second kappa shape index (κ2) is 8.64. The van der Waals surface area contributed by atoms with Crippen LogP contribution >= 0.6 is 0 Å². The van der Waals surface area contributed by atoms with Crippen LogP contribution in [0.15, 0.2) is 34.7 Å². The van der Waals surface area contributed by atoms with Crippen LogP contribution in [0.4, 0.5) is 0 Å². The van der Waals surface area contributed by atoms with Gasteiger partial charge in [0.25, 0.3) is 0 Å². The van der Waals surface area contributed by atoms with E-state index in [0.717, 1.165) is 5.56 Å². The number of hydrogen-bond acceptors (Lipinski definition) is 4. The van der Waals surface area contributed by atoms with E-state index in [0.29, 0.717) is 43.0 Å². The molecule has 0 atom stereocenters. The molecule has 1 amide bonds. The van der Waals surface area contributed by atoms with Crippen LogP contribution in [0.1, 0.15) is 25.3 Å². The fourth-order valence-electron chi connectivity index (χ4n) is 2.51. The van der Waals surface area contributed by atoms with Gasteiger partial charge in [0, 0.05) is 25.8 Å². The normalized spacial score (nSPS) is 11.0. The number of methoxy groups -OCH3 is 1. The summed E-state index contributed by atoms with van der Waals surface area (Å²) in [7, 11) is 1.64. The SMILES string of the molecule is COCCN(CC(C)C)C(=O)Cc1nc(-c2ccccc2)oc1C. The van der Waals surface area contributed by atoms with Gasteiger partial charge in [0.15, 0.2) is 0 Å². The Morgan fingerprint density at radius 2 is 2.00 bits per heavy atom. The minimum absolute atomic E-state index is 0.0526. The summed E-state index contributed by atoms with van der Waals surface area (Å²) >= 11 is 0. The van der Waals surface area contributed by atoms with Crippen molar-refractivity contribution in [2.75, 3.05) is 26.8 Å². The molecule has 0 aliphatic carbocycles. The lowest BCUT2D eigenvalue weighted by molar-refractivity contribution is -0.131. The van der Waals surface area contributed by atoms with Crippen molar-refractivity contribution in [1.82, 2.24) is 9.88 Å². The van der Waals surface area contributed by atoms with Crippen molar-refractivity contribution >= 4 is 5.91 Å². The summed E-state index contributed by atoms with van der Waals surface area (Å²) in [5, 5.41) is 0. The molecule has 0 radical (unpaired) electrons. The third kappa shape index (κ3) is 4.93. The lowest BCUT2D eigenvalue weighted by Crippen LogP contribution is -2.37. The van der Waals surface area contributed by atoms with Gasteiger partial charge >= 0.3 is 0 Å². The van der Waals surface area contributed by atoms with E-state index in [9.17, 15) is 4.79 Å². The third-order valence-electron chi connectivity index (χ3n) is 3.74. The molecule has 1 aromatic heterocycles. The third-order valence-corrected chi connectivity index (χ3v) is 3.74. The highest BCUT2D eigenvalue weighted by Crippen LogP contribution is 2.22. The molecule has 5 nitrogen and oxygen atoms in total. The van der Waals surface area contributed by atoms with Crippen molar-refractivity contribution in [2.45, 2.75) is 27.2 Å². The fraction of sp³-hybridized carbons (Fsp3) is 0.474. The van der Waals surface area contributed by atoms with Crippen LogP contribution in [0.25, 0.3) is 11.5 Å². The van der Waals surface area contributed by atoms with Crippen LogP contribution in [0.5, 0.6) is 0 Å². The number of nitrogens with zero attached hydrogens (tertiary/aromatic N) is 2. The van der Waals surface area contributed by atoms with Gasteiger partial charge in [-0.2, -0.15) is 0 Å². The molecule has 0 bridgehead atoms. The molecule has 2 aromatic rings. The predicted molar refractivity (Wildman–Crippen MR) is 93.7 cm³/mol. The maximum absolute atomic E-state index is 12.6. The Morgan fingerprint density at radius 1 is 1.29 bits per heavy atom. The minimum Gasteiger partial charge on any atom is -0.441 e. The molecule has 5 heteroatoms. The molecule has 24 heavy (non-hydrogen) atoms. The van der Waals surface area contributed by atoms with Crippen LogP contribution < -0.4 is 0 Å². The molecule has 0 saturated heterocycles. The van der Waals surface area contributed by atoms with E-state index in [1.165, 1.54) is 0 Å². The maximum atomic E-state index is 12.6. The van der Waals surface area contributed by atoms with E-state index >= 15 is 0 Å². The van der Waals surface area contributed by atoms with Gasteiger partial charge in [0.05, 0.1) is 18.7 Å². The van der Waals surface area contributed by atoms with Gasteiger partial charge < -0.3 is 14.1 Å². The van der Waals surface area contributed by atoms with Gasteiger partial charge in [0.1, 0.15) is 5.76 Å². The van der Waals surface area contributed by atoms with E-state index in [1.807, 2.05) is 42.2 Å². The first-order valence-electron chi connectivity index (χ1n) is 8.29. The fourth-order valence-corrected chi connectivity index (χ4v) is 2.51. The zero-order chi connectivity index (χ0) is 17.5. The zero-order valence-electron chi connectivity index (χ0n) is 14.9. The van der Waals surface area contributed by atoms with Gasteiger partial charge in [-0.25, -0.2) is 4.98 Å². The molecule has 0 N–H and O–H groups in total. The van der Waals surface area contributed by atoms with E-state index in [-0.39, 0.29) is 12.3 Å². The summed E-state index contributed by atoms with van der Waals surface area (Å²) in [5.74, 6) is 1.71. The van der Waals surface area contributed by atoms with Crippen LogP contribution in [0, 0.1) is 12.8 Å². The van der Waals surface area contributed by atoms with E-state index in [1.54, 1.807) is 7.11 Å². The first kappa shape index (κ1) is 18.2. The van der Waals surface area contributed by atoms with Gasteiger partial charge in [0.2, 0.25) is 11.8 Å². The van der Waals surface area contributed by atoms with Crippen LogP contribution in [0.2, 0.25) is 0 Å². The first-order valence-corrected chi connectivity index (χ1v) is 8.29. The average molecular weight is 330 g/mol. The molecule has 0 aliphatic heterocycles. The number of oxazole rings is 1. The predicted octanol–water partition coefficient (Wildman–Crippen LogP) is 3.32. The molecular weight excluding hydrogens is 304 g/mol. The van der Waals surface area contributed by atoms with Crippen molar-refractivity contribution in [3.8, 4) is 11.5 Å². The zero-order valence-corrected chi connectivity index (χ0v) is 14.9. The Hall–Kier alpha value is -2.14. The summed E-state index contributed by atoms with van der Waals surface area (Å²) < 4.78 is 10.8. The molecule has 0 fully saturated rings. The van der Waals surface area contributed by atoms with Gasteiger partial charge in [-0.05, 0) is 25.0 Å². The number of hydrogen-bond donors (Lipinski definition) is 0. The first-order chi connectivity index (χ1) is 11.5. The highest BCUT2D eigenvalue weighted by Gasteiger charge is 2.19. The summed E-state index contributed by atoms with van der Waals surface area (Å²) in [6.07, 6.45) is 0.249. The number of rotatable bonds is 8. The second-order valence-corrected chi connectivity index (χ2v) is 6.29. The summed E-state index contributed by atoms with van der Waals surface area (Å²) in [5.41, 5.74) is 1.61. The molecule has 130 valence electrons. The smallest absolute Gasteiger partial charge is 0.228 e. The van der Waals surface area contributed by atoms with Gasteiger partial charge in [-0.3, -0.25) is 4.79 Å². The molecule has 0 unspecified atom stereocenters. The lowest BCUT2D eigenvalue weighted by atomic mass is 10.2. The van der Waals surface area contributed by atoms with Crippen molar-refractivity contribution in [3.05, 3.63) is 41.8 Å². The number of ether oxygens (including phenoxy) is 1. The monoisotopic (exact) mass is 330 g/mol. The average Bonchev–Trinajstić information content (AvgIpc) is 2.92. The summed E-state index contributed by atoms with van der Waals surface area (Å²) in [4.78, 5) is 19.0. The van der Waals surface area contributed by atoms with Crippen LogP contribution in [0.3, 0.4) is 0 Å². The molecule has 1 aromatic carbocycles. The highest BCUT2D eigenvalue weighted by atomic mass is 16.5. The summed E-state index contributed by atoms with van der Waals surface area (Å²) in [6.45, 7) is 7.89. The quantitative estimate of drug-likeness (QED) is 0.745. The van der Waals surface area contributed by atoms with Crippen molar-refractivity contribution < 1.29 is 13.9 Å². The number of aryl methyl sites for hydroxylation is 1. The minimum atomic E-state index is 0.0526. The second-order valence-electron chi connectivity index (χ2n) is 6.29. The number of benzene rings is 1. The van der Waals surface area contributed by atoms with Crippen molar-refractivity contribution in [1.29, 1.82) is 0 Å². The van der Waals surface area contributed by atoms with Crippen molar-refractivity contribution in [3.63, 3.8) is 0 Å². The summed E-state index contributed by atoms with van der Waals surface area (Å²) in [6, 6.07) is 9.72. The molecule has 0 saturated carbocycles. The number of aromatic nitrogens is 1. The Kier molecular flexibility index (Phi) is 6.55. The topological polar surface area (TPSA) is 55.6 Å². The Balaban J connectivity index is 2.11. The molecule has 0 spiro atoms. The van der Waals surface area contributed by atoms with Gasteiger partial charge in [-0.1, -0.05) is 32.0 Å². The Morgan fingerprint density at radius 3 is 2.62 bits per heavy atom. The maximum Gasteiger partial charge on any atom is 0.228 e. The standard InChI is InChI=1S/C19H26N2O3/c1-14(2)13-21(10-11-23-4)18(22)12-17-15(3)24-19(20-17)16-8-6-5-7-9-16/h5-9,14H,10-13H2,1-4H3. The van der Waals surface area contributed by atoms with Crippen LogP contribution in [-0.2, 0) is 16.0 Å². The largest absolute Gasteiger partial charge is 0.441 e. The molecule has 2 rings (SSSR count). The Labute approximate surface area is 143 Å². The number of carbonyl (C=O) groups is 1. The Bertz CT molecular complexity index is 650. The van der Waals surface area contributed by atoms with E-state index < -0.39 is 0 Å². The highest BCUT2D eigenvalue weighted by molar-refractivity contribution is 5.78. The lowest BCUT2D eigenvalue weighted by Gasteiger charge is -2.24. The molecular formula is C19H26N2O3. The van der Waals surface area contributed by atoms with E-state index in [4.69, 9.17) is 9.15 Å². The molecule has 1 heterocycles. The van der Waals surface area contributed by atoms with Crippen LogP contribution in [-0.4, -0.2) is 42.6 Å². The van der Waals surface area contributed by atoms with Crippen molar-refractivity contribution in [2.24, 2.45) is 5.92 Å². The number of carbonyl (C=O) groups excluding carboxylic acids is 1. The van der Waals surface area contributed by atoms with E-state index in [2.05, 4.69) is 18.8 Å². The van der Waals surface area contributed by atoms with Gasteiger partial charge in [-0.15, -0.1) is 0 Å².